The predicted molar refractivity (Wildman–Crippen MR) is 98.6 cm³/mol. The van der Waals surface area contributed by atoms with Crippen molar-refractivity contribution in [1.82, 2.24) is 10.6 Å². The average Bonchev–Trinajstić information content (AvgIpc) is 2.64. The van der Waals surface area contributed by atoms with Crippen LogP contribution in [0.25, 0.3) is 0 Å². The van der Waals surface area contributed by atoms with Crippen molar-refractivity contribution in [1.29, 1.82) is 0 Å². The highest BCUT2D eigenvalue weighted by atomic mass is 16.4. The van der Waals surface area contributed by atoms with Crippen molar-refractivity contribution in [2.24, 2.45) is 5.92 Å². The zero-order chi connectivity index (χ0) is 18.3. The second-order valence-corrected chi connectivity index (χ2v) is 7.07. The molecule has 0 bridgehead atoms. The van der Waals surface area contributed by atoms with E-state index in [1.165, 1.54) is 5.56 Å². The Morgan fingerprint density at radius 2 is 1.68 bits per heavy atom. The van der Waals surface area contributed by atoms with Crippen LogP contribution in [-0.2, 0) is 10.2 Å². The van der Waals surface area contributed by atoms with Crippen molar-refractivity contribution in [2.75, 3.05) is 6.54 Å². The largest absolute Gasteiger partial charge is 0.481 e. The normalized spacial score (nSPS) is 20.7. The number of urea groups is 1. The fourth-order valence-electron chi connectivity index (χ4n) is 3.77. The molecule has 0 atom stereocenters. The van der Waals surface area contributed by atoms with Gasteiger partial charge >= 0.3 is 12.0 Å². The van der Waals surface area contributed by atoms with E-state index in [4.69, 9.17) is 5.11 Å². The molecule has 1 saturated carbocycles. The summed E-state index contributed by atoms with van der Waals surface area (Å²) in [6.45, 7) is 4.91. The van der Waals surface area contributed by atoms with Crippen LogP contribution in [0, 0.1) is 5.92 Å². The lowest BCUT2D eigenvalue weighted by molar-refractivity contribution is -0.142. The van der Waals surface area contributed by atoms with E-state index in [1.54, 1.807) is 0 Å². The Balaban J connectivity index is 1.87. The molecule has 1 aliphatic carbocycles. The van der Waals surface area contributed by atoms with Crippen LogP contribution in [0.3, 0.4) is 0 Å². The third kappa shape index (κ3) is 4.97. The van der Waals surface area contributed by atoms with E-state index in [-0.39, 0.29) is 23.4 Å². The molecular weight excluding hydrogens is 316 g/mol. The third-order valence-corrected chi connectivity index (χ3v) is 5.74. The first-order valence-electron chi connectivity index (χ1n) is 9.33. The quantitative estimate of drug-likeness (QED) is 0.704. The minimum atomic E-state index is -0.721. The summed E-state index contributed by atoms with van der Waals surface area (Å²) >= 11 is 0. The van der Waals surface area contributed by atoms with Crippen molar-refractivity contribution in [2.45, 2.75) is 63.8 Å². The number of benzene rings is 1. The maximum Gasteiger partial charge on any atom is 0.315 e. The maximum absolute atomic E-state index is 12.3. The third-order valence-electron chi connectivity index (χ3n) is 5.74. The number of carboxylic acids is 1. The topological polar surface area (TPSA) is 78.4 Å². The van der Waals surface area contributed by atoms with Gasteiger partial charge in [0.1, 0.15) is 0 Å². The Hall–Kier alpha value is -2.04. The molecule has 1 aliphatic rings. The molecule has 0 saturated heterocycles. The van der Waals surface area contributed by atoms with Gasteiger partial charge in [-0.25, -0.2) is 4.79 Å². The molecule has 2 rings (SSSR count). The zero-order valence-corrected chi connectivity index (χ0v) is 15.3. The van der Waals surface area contributed by atoms with Crippen molar-refractivity contribution in [3.63, 3.8) is 0 Å². The first-order valence-corrected chi connectivity index (χ1v) is 9.33. The van der Waals surface area contributed by atoms with E-state index in [0.717, 1.165) is 25.7 Å². The van der Waals surface area contributed by atoms with Crippen LogP contribution in [0.1, 0.15) is 57.9 Å². The van der Waals surface area contributed by atoms with Gasteiger partial charge in [0.15, 0.2) is 0 Å². The van der Waals surface area contributed by atoms with Crippen molar-refractivity contribution in [3.8, 4) is 0 Å². The average molecular weight is 346 g/mol. The fourth-order valence-corrected chi connectivity index (χ4v) is 3.77. The molecule has 0 radical (unpaired) electrons. The minimum absolute atomic E-state index is 0.0560. The van der Waals surface area contributed by atoms with Crippen LogP contribution >= 0.6 is 0 Å². The van der Waals surface area contributed by atoms with E-state index in [2.05, 4.69) is 36.6 Å². The summed E-state index contributed by atoms with van der Waals surface area (Å²) in [4.78, 5) is 23.3. The summed E-state index contributed by atoms with van der Waals surface area (Å²) in [5.41, 5.74) is 1.20. The Morgan fingerprint density at radius 3 is 2.20 bits per heavy atom. The first-order chi connectivity index (χ1) is 12.0. The summed E-state index contributed by atoms with van der Waals surface area (Å²) in [7, 11) is 0. The summed E-state index contributed by atoms with van der Waals surface area (Å²) in [6, 6.07) is 10.3. The predicted octanol–water partition coefficient (Wildman–Crippen LogP) is 3.69. The number of carbonyl (C=O) groups is 2. The van der Waals surface area contributed by atoms with E-state index in [1.807, 2.05) is 18.2 Å². The Bertz CT molecular complexity index is 562. The molecule has 3 N–H and O–H groups in total. The number of hydrogen-bond acceptors (Lipinski definition) is 2. The molecule has 25 heavy (non-hydrogen) atoms. The lowest BCUT2D eigenvalue weighted by Crippen LogP contribution is -2.48. The minimum Gasteiger partial charge on any atom is -0.481 e. The van der Waals surface area contributed by atoms with Crippen molar-refractivity contribution >= 4 is 12.0 Å². The summed E-state index contributed by atoms with van der Waals surface area (Å²) in [6.07, 6.45) is 4.65. The molecule has 0 heterocycles. The van der Waals surface area contributed by atoms with Gasteiger partial charge in [-0.1, -0.05) is 44.2 Å². The van der Waals surface area contributed by atoms with Gasteiger partial charge in [0.05, 0.1) is 5.92 Å². The number of carboxylic acid groups (broad SMARTS) is 1. The number of carbonyl (C=O) groups excluding carboxylic acids is 1. The first kappa shape index (κ1) is 19.3. The van der Waals surface area contributed by atoms with E-state index < -0.39 is 5.97 Å². The standard InChI is InChI=1S/C20H30N2O3/c1-3-20(4-2,16-8-6-5-7-9-16)14-21-19(25)22-17-12-10-15(11-13-17)18(23)24/h5-9,15,17H,3-4,10-14H2,1-2H3,(H,23,24)(H2,21,22,25). The number of nitrogens with one attached hydrogen (secondary N) is 2. The second kappa shape index (κ2) is 8.88. The molecule has 1 aromatic rings. The van der Waals surface area contributed by atoms with Gasteiger partial charge in [-0.05, 0) is 44.1 Å². The van der Waals surface area contributed by atoms with Gasteiger partial charge in [0.25, 0.3) is 0 Å². The van der Waals surface area contributed by atoms with Crippen LogP contribution in [0.2, 0.25) is 0 Å². The van der Waals surface area contributed by atoms with Gasteiger partial charge in [-0.15, -0.1) is 0 Å². The zero-order valence-electron chi connectivity index (χ0n) is 15.3. The molecular formula is C20H30N2O3. The highest BCUT2D eigenvalue weighted by Gasteiger charge is 2.30. The van der Waals surface area contributed by atoms with Gasteiger partial charge < -0.3 is 15.7 Å². The van der Waals surface area contributed by atoms with Crippen molar-refractivity contribution < 1.29 is 14.7 Å². The van der Waals surface area contributed by atoms with Crippen molar-refractivity contribution in [3.05, 3.63) is 35.9 Å². The molecule has 1 aromatic carbocycles. The Labute approximate surface area is 150 Å². The van der Waals surface area contributed by atoms with Gasteiger partial charge in [-0.2, -0.15) is 0 Å². The second-order valence-electron chi connectivity index (χ2n) is 7.07. The summed E-state index contributed by atoms with van der Waals surface area (Å²) < 4.78 is 0. The van der Waals surface area contributed by atoms with Gasteiger partial charge in [0.2, 0.25) is 0 Å². The fraction of sp³-hybridized carbons (Fsp3) is 0.600. The molecule has 0 aromatic heterocycles. The lowest BCUT2D eigenvalue weighted by atomic mass is 9.76. The number of hydrogen-bond donors (Lipinski definition) is 3. The molecule has 138 valence electrons. The van der Waals surface area contributed by atoms with Crippen LogP contribution < -0.4 is 10.6 Å². The molecule has 0 aliphatic heterocycles. The number of amides is 2. The highest BCUT2D eigenvalue weighted by molar-refractivity contribution is 5.74. The van der Waals surface area contributed by atoms with E-state index >= 15 is 0 Å². The highest BCUT2D eigenvalue weighted by Crippen LogP contribution is 2.31. The maximum atomic E-state index is 12.3. The van der Waals surface area contributed by atoms with Gasteiger partial charge in [-0.3, -0.25) is 4.79 Å². The molecule has 5 nitrogen and oxygen atoms in total. The van der Waals surface area contributed by atoms with Crippen LogP contribution in [0.4, 0.5) is 4.79 Å². The summed E-state index contributed by atoms with van der Waals surface area (Å²) in [5, 5.41) is 15.1. The van der Waals surface area contributed by atoms with Crippen LogP contribution in [-0.4, -0.2) is 29.7 Å². The monoisotopic (exact) mass is 346 g/mol. The number of aliphatic carboxylic acids is 1. The van der Waals surface area contributed by atoms with Crippen LogP contribution in [0.15, 0.2) is 30.3 Å². The lowest BCUT2D eigenvalue weighted by Gasteiger charge is -2.33. The van der Waals surface area contributed by atoms with E-state index in [9.17, 15) is 9.59 Å². The Morgan fingerprint density at radius 1 is 1.08 bits per heavy atom. The molecule has 0 spiro atoms. The molecule has 0 unspecified atom stereocenters. The van der Waals surface area contributed by atoms with Crippen LogP contribution in [0.5, 0.6) is 0 Å². The number of rotatable bonds is 7. The smallest absolute Gasteiger partial charge is 0.315 e. The van der Waals surface area contributed by atoms with Gasteiger partial charge in [0, 0.05) is 18.0 Å². The molecule has 1 fully saturated rings. The van der Waals surface area contributed by atoms with E-state index in [0.29, 0.717) is 19.4 Å². The molecule has 5 heteroatoms. The molecule has 2 amide bonds. The Kier molecular flexibility index (Phi) is 6.85. The SMILES string of the molecule is CCC(CC)(CNC(=O)NC1CCC(C(=O)O)CC1)c1ccccc1. The summed E-state index contributed by atoms with van der Waals surface area (Å²) in [5.74, 6) is -0.978.